The summed E-state index contributed by atoms with van der Waals surface area (Å²) in [6, 6.07) is 8.12. The summed E-state index contributed by atoms with van der Waals surface area (Å²) in [4.78, 5) is 11.5. The summed E-state index contributed by atoms with van der Waals surface area (Å²) in [6.45, 7) is 1.79. The minimum Gasteiger partial charge on any atom is -0.485 e. The molecule has 2 aromatic rings. The molecule has 5 nitrogen and oxygen atoms in total. The second kappa shape index (κ2) is 7.32. The Labute approximate surface area is 165 Å². The number of benzene rings is 1. The van der Waals surface area contributed by atoms with Gasteiger partial charge in [-0.2, -0.15) is 0 Å². The van der Waals surface area contributed by atoms with E-state index < -0.39 is 0 Å². The Morgan fingerprint density at radius 3 is 2.59 bits per heavy atom. The van der Waals surface area contributed by atoms with Crippen LogP contribution in [-0.2, 0) is 0 Å². The number of anilines is 1. The smallest absolute Gasteiger partial charge is 0.147 e. The molecule has 27 heavy (non-hydrogen) atoms. The average Bonchev–Trinajstić information content (AvgIpc) is 3.48. The Morgan fingerprint density at radius 1 is 1.15 bits per heavy atom. The fourth-order valence-corrected chi connectivity index (χ4v) is 4.95. The largest absolute Gasteiger partial charge is 0.485 e. The summed E-state index contributed by atoms with van der Waals surface area (Å²) < 4.78 is 6.32. The van der Waals surface area contributed by atoms with Gasteiger partial charge in [0.25, 0.3) is 0 Å². The van der Waals surface area contributed by atoms with Gasteiger partial charge in [-0.1, -0.05) is 25.6 Å². The van der Waals surface area contributed by atoms with Crippen LogP contribution in [-0.4, -0.2) is 34.4 Å². The minimum atomic E-state index is -0.270. The summed E-state index contributed by atoms with van der Waals surface area (Å²) in [6.07, 6.45) is 8.40. The van der Waals surface area contributed by atoms with Crippen LogP contribution in [0, 0.1) is 5.92 Å². The van der Waals surface area contributed by atoms with Crippen molar-refractivity contribution in [3.8, 4) is 5.75 Å². The molecule has 1 spiro atoms. The summed E-state index contributed by atoms with van der Waals surface area (Å²) in [5, 5.41) is 1.03. The monoisotopic (exact) mass is 384 g/mol. The minimum absolute atomic E-state index is 0. The fourth-order valence-electron chi connectivity index (χ4n) is 3.96. The molecule has 0 unspecified atom stereocenters. The van der Waals surface area contributed by atoms with Crippen LogP contribution in [0.15, 0.2) is 41.7 Å². The first kappa shape index (κ1) is 18.6. The predicted molar refractivity (Wildman–Crippen MR) is 110 cm³/mol. The van der Waals surface area contributed by atoms with E-state index in [1.54, 1.807) is 0 Å². The van der Waals surface area contributed by atoms with Crippen LogP contribution in [0.4, 0.5) is 5.82 Å². The van der Waals surface area contributed by atoms with Crippen molar-refractivity contribution < 1.29 is 4.74 Å². The molecule has 0 amide bonds. The highest BCUT2D eigenvalue weighted by molar-refractivity contribution is 7.99. The quantitative estimate of drug-likeness (QED) is 0.803. The Kier molecular flexibility index (Phi) is 5.03. The molecule has 3 aliphatic rings. The van der Waals surface area contributed by atoms with E-state index in [2.05, 4.69) is 20.9 Å². The lowest BCUT2D eigenvalue weighted by molar-refractivity contribution is 0.0431. The summed E-state index contributed by atoms with van der Waals surface area (Å²) in [7, 11) is 0. The maximum Gasteiger partial charge on any atom is 0.147 e. The summed E-state index contributed by atoms with van der Waals surface area (Å²) in [5.74, 6) is 3.99. The van der Waals surface area contributed by atoms with Crippen molar-refractivity contribution in [1.82, 2.24) is 9.97 Å². The van der Waals surface area contributed by atoms with E-state index in [-0.39, 0.29) is 19.1 Å². The van der Waals surface area contributed by atoms with Gasteiger partial charge in [0.15, 0.2) is 0 Å². The number of ether oxygens (including phenoxy) is 1. The Balaban J connectivity index is 0.00000180. The van der Waals surface area contributed by atoms with Gasteiger partial charge in [-0.05, 0) is 24.8 Å². The molecule has 1 atom stereocenters. The molecule has 1 aromatic carbocycles. The van der Waals surface area contributed by atoms with Crippen LogP contribution in [0.25, 0.3) is 0 Å². The van der Waals surface area contributed by atoms with Gasteiger partial charge in [-0.3, -0.25) is 0 Å². The third kappa shape index (κ3) is 3.52. The molecule has 2 aliphatic heterocycles. The highest BCUT2D eigenvalue weighted by Gasteiger charge is 2.48. The molecule has 3 heterocycles. The van der Waals surface area contributed by atoms with Crippen LogP contribution < -0.4 is 15.4 Å². The Hall–Kier alpha value is -1.79. The van der Waals surface area contributed by atoms with Gasteiger partial charge < -0.3 is 15.4 Å². The zero-order valence-electron chi connectivity index (χ0n) is 14.8. The number of aromatic nitrogens is 2. The van der Waals surface area contributed by atoms with Crippen molar-refractivity contribution in [2.24, 2.45) is 11.7 Å². The van der Waals surface area contributed by atoms with E-state index in [9.17, 15) is 0 Å². The van der Waals surface area contributed by atoms with Gasteiger partial charge in [-0.15, -0.1) is 11.8 Å². The van der Waals surface area contributed by atoms with Crippen molar-refractivity contribution in [1.29, 1.82) is 0 Å². The van der Waals surface area contributed by atoms with Crippen molar-refractivity contribution in [2.75, 3.05) is 23.7 Å². The molecule has 5 rings (SSSR count). The van der Waals surface area contributed by atoms with E-state index in [0.717, 1.165) is 54.0 Å². The zero-order valence-corrected chi connectivity index (χ0v) is 15.6. The standard InChI is InChI=1S/C20H24N4OS.CH4/c21-19-15-3-1-2-4-16(15)25-20(19)7-9-24(10-8-20)17-11-23-18(12-22-17)26-13-14-5-6-14;/h1-4,11-12,14,19H,5-10,13,21H2;1H4/t19-;/m1./s1. The van der Waals surface area contributed by atoms with Crippen LogP contribution in [0.3, 0.4) is 0 Å². The number of para-hydroxylation sites is 1. The van der Waals surface area contributed by atoms with Gasteiger partial charge >= 0.3 is 0 Å². The first-order valence-electron chi connectivity index (χ1n) is 9.47. The first-order chi connectivity index (χ1) is 12.7. The van der Waals surface area contributed by atoms with E-state index >= 15 is 0 Å². The van der Waals surface area contributed by atoms with Gasteiger partial charge in [0, 0.05) is 37.2 Å². The van der Waals surface area contributed by atoms with E-state index in [1.807, 2.05) is 42.4 Å². The third-order valence-corrected chi connectivity index (χ3v) is 6.99. The van der Waals surface area contributed by atoms with Gasteiger partial charge in [0.05, 0.1) is 18.4 Å². The number of nitrogens with two attached hydrogens (primary N) is 1. The molecule has 1 aliphatic carbocycles. The zero-order chi connectivity index (χ0) is 17.6. The Bertz CT molecular complexity index is 785. The number of thioether (sulfide) groups is 1. The van der Waals surface area contributed by atoms with Crippen LogP contribution in [0.1, 0.15) is 44.7 Å². The summed E-state index contributed by atoms with van der Waals surface area (Å²) >= 11 is 1.83. The molecule has 0 bridgehead atoms. The van der Waals surface area contributed by atoms with Gasteiger partial charge in [0.2, 0.25) is 0 Å². The number of fused-ring (bicyclic) bond motifs is 1. The Morgan fingerprint density at radius 2 is 1.93 bits per heavy atom. The molecule has 0 radical (unpaired) electrons. The normalized spacial score (nSPS) is 22.9. The molecule has 2 N–H and O–H groups in total. The van der Waals surface area contributed by atoms with Crippen molar-refractivity contribution >= 4 is 17.6 Å². The lowest BCUT2D eigenvalue weighted by Crippen LogP contribution is -2.51. The summed E-state index contributed by atoms with van der Waals surface area (Å²) in [5.41, 5.74) is 7.42. The van der Waals surface area contributed by atoms with Crippen molar-refractivity contribution in [2.45, 2.75) is 49.8 Å². The molecule has 1 saturated heterocycles. The second-order valence-corrected chi connectivity index (χ2v) is 8.68. The van der Waals surface area contributed by atoms with Gasteiger partial charge in [0.1, 0.15) is 22.2 Å². The van der Waals surface area contributed by atoms with Crippen LogP contribution in [0.5, 0.6) is 5.75 Å². The lowest BCUT2D eigenvalue weighted by atomic mass is 9.83. The van der Waals surface area contributed by atoms with E-state index in [4.69, 9.17) is 10.5 Å². The highest BCUT2D eigenvalue weighted by atomic mass is 32.2. The number of hydrogen-bond donors (Lipinski definition) is 1. The predicted octanol–water partition coefficient (Wildman–Crippen LogP) is 4.05. The van der Waals surface area contributed by atoms with E-state index in [0.29, 0.717) is 0 Å². The SMILES string of the molecule is C.N[C@@H]1c2ccccc2OC12CCN(c1cnc(SCC3CC3)cn1)CC2. The third-order valence-electron chi connectivity index (χ3n) is 5.85. The molecule has 2 fully saturated rings. The van der Waals surface area contributed by atoms with Crippen molar-refractivity contribution in [3.05, 3.63) is 42.2 Å². The second-order valence-electron chi connectivity index (χ2n) is 7.64. The fraction of sp³-hybridized carbons (Fsp3) is 0.524. The molecular formula is C21H28N4OS. The van der Waals surface area contributed by atoms with Gasteiger partial charge in [-0.25, -0.2) is 9.97 Å². The molecule has 1 saturated carbocycles. The number of rotatable bonds is 4. The maximum atomic E-state index is 6.55. The average molecular weight is 385 g/mol. The molecule has 144 valence electrons. The molecule has 1 aromatic heterocycles. The molecular weight excluding hydrogens is 356 g/mol. The van der Waals surface area contributed by atoms with Crippen LogP contribution in [0.2, 0.25) is 0 Å². The maximum absolute atomic E-state index is 6.55. The molecule has 6 heteroatoms. The number of nitrogens with zero attached hydrogens (tertiary/aromatic N) is 3. The highest BCUT2D eigenvalue weighted by Crippen LogP contribution is 2.47. The van der Waals surface area contributed by atoms with Crippen molar-refractivity contribution in [3.63, 3.8) is 0 Å². The number of hydrogen-bond acceptors (Lipinski definition) is 6. The first-order valence-corrected chi connectivity index (χ1v) is 10.5. The van der Waals surface area contributed by atoms with Crippen LogP contribution >= 0.6 is 11.8 Å². The topological polar surface area (TPSA) is 64.3 Å². The van der Waals surface area contributed by atoms with E-state index in [1.165, 1.54) is 18.6 Å². The lowest BCUT2D eigenvalue weighted by Gasteiger charge is -2.41. The number of piperidine rings is 1.